The fourth-order valence-electron chi connectivity index (χ4n) is 1.63. The highest BCUT2D eigenvalue weighted by Gasteiger charge is 1.96. The molecule has 0 aromatic carbocycles. The van der Waals surface area contributed by atoms with Crippen LogP contribution in [0, 0.1) is 6.92 Å². The fraction of sp³-hybridized carbons (Fsp3) is 0.385. The van der Waals surface area contributed by atoms with Crippen LogP contribution < -0.4 is 5.32 Å². The standard InChI is InChI=1S/C13H17NS2/c1-11-6-7-13(16-11)10-14-8-2-4-12-5-3-9-15-12/h3,5-7,9,14H,2,4,8,10H2,1H3. The minimum Gasteiger partial charge on any atom is -0.312 e. The van der Waals surface area contributed by atoms with Crippen LogP contribution in [0.5, 0.6) is 0 Å². The van der Waals surface area contributed by atoms with Crippen LogP contribution in [0.15, 0.2) is 29.6 Å². The Morgan fingerprint density at radius 3 is 2.81 bits per heavy atom. The second kappa shape index (κ2) is 6.18. The van der Waals surface area contributed by atoms with Crippen LogP contribution >= 0.6 is 22.7 Å². The zero-order valence-corrected chi connectivity index (χ0v) is 11.2. The molecular weight excluding hydrogens is 234 g/mol. The van der Waals surface area contributed by atoms with E-state index in [9.17, 15) is 0 Å². The molecular formula is C13H17NS2. The first-order valence-corrected chi connectivity index (χ1v) is 7.32. The summed E-state index contributed by atoms with van der Waals surface area (Å²) in [6.07, 6.45) is 2.43. The molecule has 1 nitrogen and oxygen atoms in total. The van der Waals surface area contributed by atoms with Gasteiger partial charge in [0.2, 0.25) is 0 Å². The van der Waals surface area contributed by atoms with Gasteiger partial charge in [0.05, 0.1) is 0 Å². The molecule has 0 aliphatic heterocycles. The van der Waals surface area contributed by atoms with Gasteiger partial charge in [0.25, 0.3) is 0 Å². The monoisotopic (exact) mass is 251 g/mol. The molecule has 0 radical (unpaired) electrons. The van der Waals surface area contributed by atoms with E-state index in [4.69, 9.17) is 0 Å². The third kappa shape index (κ3) is 3.74. The third-order valence-corrected chi connectivity index (χ3v) is 4.39. The van der Waals surface area contributed by atoms with Gasteiger partial charge in [-0.2, -0.15) is 0 Å². The summed E-state index contributed by atoms with van der Waals surface area (Å²) in [5, 5.41) is 5.64. The van der Waals surface area contributed by atoms with Crippen molar-refractivity contribution in [2.45, 2.75) is 26.3 Å². The molecule has 2 heterocycles. The minimum atomic E-state index is 1.02. The Balaban J connectivity index is 1.59. The van der Waals surface area contributed by atoms with Crippen molar-refractivity contribution >= 4 is 22.7 Å². The first-order valence-electron chi connectivity index (χ1n) is 5.63. The van der Waals surface area contributed by atoms with E-state index in [0.717, 1.165) is 13.1 Å². The first-order chi connectivity index (χ1) is 7.84. The van der Waals surface area contributed by atoms with E-state index in [1.54, 1.807) is 0 Å². The Morgan fingerprint density at radius 2 is 2.12 bits per heavy atom. The van der Waals surface area contributed by atoms with Crippen molar-refractivity contribution in [3.63, 3.8) is 0 Å². The normalized spacial score (nSPS) is 10.8. The number of thiophene rings is 2. The first kappa shape index (κ1) is 11.8. The van der Waals surface area contributed by atoms with Crippen molar-refractivity contribution in [2.75, 3.05) is 6.54 Å². The zero-order chi connectivity index (χ0) is 11.2. The Morgan fingerprint density at radius 1 is 1.19 bits per heavy atom. The van der Waals surface area contributed by atoms with E-state index in [-0.39, 0.29) is 0 Å². The van der Waals surface area contributed by atoms with E-state index < -0.39 is 0 Å². The maximum absolute atomic E-state index is 3.49. The van der Waals surface area contributed by atoms with Crippen molar-refractivity contribution in [3.8, 4) is 0 Å². The molecule has 0 atom stereocenters. The Bertz CT molecular complexity index is 403. The highest BCUT2D eigenvalue weighted by molar-refractivity contribution is 7.11. The van der Waals surface area contributed by atoms with E-state index in [0.29, 0.717) is 0 Å². The van der Waals surface area contributed by atoms with Crippen molar-refractivity contribution in [3.05, 3.63) is 44.3 Å². The highest BCUT2D eigenvalue weighted by Crippen LogP contribution is 2.14. The van der Waals surface area contributed by atoms with Crippen LogP contribution in [0.4, 0.5) is 0 Å². The van der Waals surface area contributed by atoms with Crippen LogP contribution in [0.25, 0.3) is 0 Å². The average molecular weight is 251 g/mol. The molecule has 16 heavy (non-hydrogen) atoms. The predicted molar refractivity (Wildman–Crippen MR) is 73.4 cm³/mol. The molecule has 0 amide bonds. The van der Waals surface area contributed by atoms with Gasteiger partial charge in [-0.3, -0.25) is 0 Å². The number of rotatable bonds is 6. The summed E-state index contributed by atoms with van der Waals surface area (Å²) in [6, 6.07) is 8.74. The topological polar surface area (TPSA) is 12.0 Å². The molecule has 0 spiro atoms. The second-order valence-corrected chi connectivity index (χ2v) is 6.28. The highest BCUT2D eigenvalue weighted by atomic mass is 32.1. The lowest BCUT2D eigenvalue weighted by molar-refractivity contribution is 0.657. The lowest BCUT2D eigenvalue weighted by Crippen LogP contribution is -2.14. The molecule has 0 fully saturated rings. The molecule has 0 unspecified atom stereocenters. The summed E-state index contributed by atoms with van der Waals surface area (Å²) < 4.78 is 0. The van der Waals surface area contributed by atoms with Gasteiger partial charge in [-0.15, -0.1) is 22.7 Å². The largest absolute Gasteiger partial charge is 0.312 e. The zero-order valence-electron chi connectivity index (χ0n) is 9.53. The van der Waals surface area contributed by atoms with Crippen molar-refractivity contribution in [1.82, 2.24) is 5.32 Å². The SMILES string of the molecule is Cc1ccc(CNCCCc2cccs2)s1. The molecule has 3 heteroatoms. The lowest BCUT2D eigenvalue weighted by atomic mass is 10.2. The summed E-state index contributed by atoms with van der Waals surface area (Å²) in [4.78, 5) is 4.33. The van der Waals surface area contributed by atoms with Crippen molar-refractivity contribution < 1.29 is 0 Å². The Labute approximate surface area is 105 Å². The maximum Gasteiger partial charge on any atom is 0.0299 e. The van der Waals surface area contributed by atoms with E-state index in [2.05, 4.69) is 41.9 Å². The average Bonchev–Trinajstić information content (AvgIpc) is 2.89. The number of aryl methyl sites for hydroxylation is 2. The molecule has 0 aliphatic rings. The van der Waals surface area contributed by atoms with Crippen molar-refractivity contribution in [1.29, 1.82) is 0 Å². The van der Waals surface area contributed by atoms with Gasteiger partial charge in [0, 0.05) is 21.2 Å². The fourth-order valence-corrected chi connectivity index (χ4v) is 3.25. The summed E-state index contributed by atoms with van der Waals surface area (Å²) in [7, 11) is 0. The molecule has 1 N–H and O–H groups in total. The van der Waals surface area contributed by atoms with Crippen molar-refractivity contribution in [2.24, 2.45) is 0 Å². The van der Waals surface area contributed by atoms with Gasteiger partial charge in [-0.25, -0.2) is 0 Å². The predicted octanol–water partition coefficient (Wildman–Crippen LogP) is 3.84. The van der Waals surface area contributed by atoms with E-state index in [1.165, 1.54) is 27.5 Å². The molecule has 2 rings (SSSR count). The van der Waals surface area contributed by atoms with Gasteiger partial charge >= 0.3 is 0 Å². The lowest BCUT2D eigenvalue weighted by Gasteiger charge is -2.01. The summed E-state index contributed by atoms with van der Waals surface area (Å²) >= 11 is 3.74. The van der Waals surface area contributed by atoms with Crippen LogP contribution in [0.1, 0.15) is 21.1 Å². The quantitative estimate of drug-likeness (QED) is 0.769. The van der Waals surface area contributed by atoms with Gasteiger partial charge < -0.3 is 5.32 Å². The number of hydrogen-bond acceptors (Lipinski definition) is 3. The van der Waals surface area contributed by atoms with E-state index in [1.807, 2.05) is 22.7 Å². The van der Waals surface area contributed by atoms with Crippen LogP contribution in [-0.2, 0) is 13.0 Å². The Kier molecular flexibility index (Phi) is 4.57. The molecule has 0 saturated heterocycles. The third-order valence-electron chi connectivity index (χ3n) is 2.45. The molecule has 2 aromatic heterocycles. The molecule has 0 bridgehead atoms. The maximum atomic E-state index is 3.49. The molecule has 86 valence electrons. The molecule has 0 aliphatic carbocycles. The number of hydrogen-bond donors (Lipinski definition) is 1. The van der Waals surface area contributed by atoms with Gasteiger partial charge in [0.15, 0.2) is 0 Å². The summed E-state index contributed by atoms with van der Waals surface area (Å²) in [6.45, 7) is 4.28. The van der Waals surface area contributed by atoms with Gasteiger partial charge in [-0.05, 0) is 49.9 Å². The molecule has 0 saturated carbocycles. The van der Waals surface area contributed by atoms with Crippen LogP contribution in [0.3, 0.4) is 0 Å². The Hall–Kier alpha value is -0.640. The minimum absolute atomic E-state index is 1.02. The van der Waals surface area contributed by atoms with Gasteiger partial charge in [-0.1, -0.05) is 6.07 Å². The van der Waals surface area contributed by atoms with Gasteiger partial charge in [0.1, 0.15) is 0 Å². The summed E-state index contributed by atoms with van der Waals surface area (Å²) in [5.41, 5.74) is 0. The second-order valence-electron chi connectivity index (χ2n) is 3.87. The molecule has 2 aromatic rings. The van der Waals surface area contributed by atoms with E-state index >= 15 is 0 Å². The smallest absolute Gasteiger partial charge is 0.0299 e. The number of nitrogens with one attached hydrogen (secondary N) is 1. The van der Waals surface area contributed by atoms with Crippen LogP contribution in [0.2, 0.25) is 0 Å². The van der Waals surface area contributed by atoms with Crippen LogP contribution in [-0.4, -0.2) is 6.54 Å². The summed E-state index contributed by atoms with van der Waals surface area (Å²) in [5.74, 6) is 0.